The van der Waals surface area contributed by atoms with Crippen molar-refractivity contribution in [2.75, 3.05) is 0 Å². The smallest absolute Gasteiger partial charge is 0.115 e. The van der Waals surface area contributed by atoms with Crippen LogP contribution >= 0.6 is 0 Å². The van der Waals surface area contributed by atoms with Crippen LogP contribution in [0.4, 0.5) is 0 Å². The molecule has 1 fully saturated rings. The Morgan fingerprint density at radius 1 is 0.500 bits per heavy atom. The number of rotatable bonds is 2. The summed E-state index contributed by atoms with van der Waals surface area (Å²) in [6.45, 7) is 4.29. The van der Waals surface area contributed by atoms with E-state index in [2.05, 4.69) is 26.0 Å². The molecule has 2 aromatic rings. The number of aromatic hydroxyl groups is 2. The van der Waals surface area contributed by atoms with E-state index in [1.807, 2.05) is 24.3 Å². The second kappa shape index (κ2) is 12.3. The summed E-state index contributed by atoms with van der Waals surface area (Å²) in [4.78, 5) is 0. The third-order valence-corrected chi connectivity index (χ3v) is 7.66. The maximum Gasteiger partial charge on any atom is 0.115 e. The average Bonchev–Trinajstić information content (AvgIpc) is 2.74. The van der Waals surface area contributed by atoms with Gasteiger partial charge >= 0.3 is 0 Å². The van der Waals surface area contributed by atoms with Gasteiger partial charge in [0.25, 0.3) is 0 Å². The number of phenols is 2. The zero-order chi connectivity index (χ0) is 22.8. The van der Waals surface area contributed by atoms with E-state index in [0.717, 1.165) is 12.8 Å². The summed E-state index contributed by atoms with van der Waals surface area (Å²) in [5, 5.41) is 20.2. The van der Waals surface area contributed by atoms with E-state index < -0.39 is 0 Å². The first-order valence-corrected chi connectivity index (χ1v) is 13.1. The largest absolute Gasteiger partial charge is 0.508 e. The molecule has 0 unspecified atom stereocenters. The third-order valence-electron chi connectivity index (χ3n) is 7.66. The molecule has 1 saturated carbocycles. The van der Waals surface area contributed by atoms with Gasteiger partial charge in [-0.2, -0.15) is 0 Å². The molecule has 0 radical (unpaired) electrons. The van der Waals surface area contributed by atoms with E-state index in [4.69, 9.17) is 0 Å². The van der Waals surface area contributed by atoms with Gasteiger partial charge in [0.15, 0.2) is 0 Å². The summed E-state index contributed by atoms with van der Waals surface area (Å²) in [6.07, 6.45) is 19.7. The first-order chi connectivity index (χ1) is 15.5. The number of benzene rings is 2. The zero-order valence-electron chi connectivity index (χ0n) is 20.5. The van der Waals surface area contributed by atoms with Crippen LogP contribution in [0.1, 0.15) is 119 Å². The maximum atomic E-state index is 10.1. The maximum absolute atomic E-state index is 10.1. The van der Waals surface area contributed by atoms with Crippen LogP contribution in [0.15, 0.2) is 36.4 Å². The average molecular weight is 437 g/mol. The van der Waals surface area contributed by atoms with Crippen molar-refractivity contribution in [1.82, 2.24) is 0 Å². The summed E-state index contributed by atoms with van der Waals surface area (Å²) >= 11 is 0. The van der Waals surface area contributed by atoms with Crippen molar-refractivity contribution < 1.29 is 10.2 Å². The third kappa shape index (κ3) is 6.53. The second-order valence-electron chi connectivity index (χ2n) is 10.2. The van der Waals surface area contributed by atoms with E-state index in [1.165, 1.54) is 106 Å². The van der Waals surface area contributed by atoms with Gasteiger partial charge in [-0.1, -0.05) is 95.6 Å². The molecule has 1 aliphatic carbocycles. The Morgan fingerprint density at radius 3 is 1.12 bits per heavy atom. The van der Waals surface area contributed by atoms with Crippen molar-refractivity contribution in [1.29, 1.82) is 0 Å². The molecule has 2 N–H and O–H groups in total. The number of phenolic OH excluding ortho intramolecular Hbond substituents is 2. The highest BCUT2D eigenvalue weighted by Gasteiger charge is 2.36. The Bertz CT molecular complexity index is 769. The quantitative estimate of drug-likeness (QED) is 0.493. The molecule has 0 aliphatic heterocycles. The topological polar surface area (TPSA) is 40.5 Å². The standard InChI is InChI=1S/C30H44O2/c1-24-22-26(31)16-18-28(24)30(29-19-17-27(32)23-25(29)2)20-14-12-10-8-6-4-3-5-7-9-11-13-15-21-30/h16-19,22-23,31-32H,3-15,20-21H2,1-2H3. The van der Waals surface area contributed by atoms with Crippen LogP contribution in [-0.4, -0.2) is 10.2 Å². The SMILES string of the molecule is Cc1cc(O)ccc1C1(c2ccc(O)cc2C)CCCCCCCCCCCCCCC1. The van der Waals surface area contributed by atoms with Crippen molar-refractivity contribution in [2.45, 2.75) is 116 Å². The molecule has 0 heterocycles. The molecule has 3 rings (SSSR count). The monoisotopic (exact) mass is 436 g/mol. The Kier molecular flexibility index (Phi) is 9.51. The number of hydrogen-bond acceptors (Lipinski definition) is 2. The number of hydrogen-bond donors (Lipinski definition) is 2. The van der Waals surface area contributed by atoms with Gasteiger partial charge in [0.05, 0.1) is 0 Å². The van der Waals surface area contributed by atoms with Crippen molar-refractivity contribution >= 4 is 0 Å². The lowest BCUT2D eigenvalue weighted by atomic mass is 9.65. The highest BCUT2D eigenvalue weighted by Crippen LogP contribution is 2.46. The molecule has 0 atom stereocenters. The minimum absolute atomic E-state index is 0.0629. The first kappa shape index (κ1) is 24.7. The van der Waals surface area contributed by atoms with E-state index in [0.29, 0.717) is 11.5 Å². The van der Waals surface area contributed by atoms with Gasteiger partial charge in [-0.25, -0.2) is 0 Å². The van der Waals surface area contributed by atoms with Crippen LogP contribution in [0.5, 0.6) is 11.5 Å². The molecular weight excluding hydrogens is 392 g/mol. The molecule has 0 bridgehead atoms. The molecule has 1 aliphatic rings. The van der Waals surface area contributed by atoms with Crippen LogP contribution < -0.4 is 0 Å². The van der Waals surface area contributed by atoms with Gasteiger partial charge in [0.2, 0.25) is 0 Å². The summed E-state index contributed by atoms with van der Waals surface area (Å²) in [7, 11) is 0. The van der Waals surface area contributed by atoms with Gasteiger partial charge in [-0.05, 0) is 73.2 Å². The van der Waals surface area contributed by atoms with Crippen LogP contribution in [0.3, 0.4) is 0 Å². The van der Waals surface area contributed by atoms with Gasteiger partial charge < -0.3 is 10.2 Å². The molecule has 32 heavy (non-hydrogen) atoms. The molecule has 0 saturated heterocycles. The van der Waals surface area contributed by atoms with Crippen LogP contribution in [0, 0.1) is 13.8 Å². The normalized spacial score (nSPS) is 19.4. The fourth-order valence-corrected chi connectivity index (χ4v) is 5.98. The van der Waals surface area contributed by atoms with Crippen LogP contribution in [0.25, 0.3) is 0 Å². The van der Waals surface area contributed by atoms with Gasteiger partial charge in [-0.3, -0.25) is 0 Å². The predicted octanol–water partition coefficient (Wildman–Crippen LogP) is 8.87. The Hall–Kier alpha value is -1.96. The lowest BCUT2D eigenvalue weighted by Gasteiger charge is -2.38. The summed E-state index contributed by atoms with van der Waals surface area (Å²) < 4.78 is 0. The molecule has 0 spiro atoms. The van der Waals surface area contributed by atoms with E-state index in [9.17, 15) is 10.2 Å². The lowest BCUT2D eigenvalue weighted by Crippen LogP contribution is -2.30. The summed E-state index contributed by atoms with van der Waals surface area (Å²) in [5.41, 5.74) is 4.99. The minimum Gasteiger partial charge on any atom is -0.508 e. The van der Waals surface area contributed by atoms with E-state index in [1.54, 1.807) is 0 Å². The van der Waals surface area contributed by atoms with Gasteiger partial charge in [0.1, 0.15) is 11.5 Å². The fraction of sp³-hybridized carbons (Fsp3) is 0.600. The lowest BCUT2D eigenvalue weighted by molar-refractivity contribution is 0.383. The highest BCUT2D eigenvalue weighted by molar-refractivity contribution is 5.49. The molecule has 2 heteroatoms. The minimum atomic E-state index is -0.0629. The molecular formula is C30H44O2. The van der Waals surface area contributed by atoms with Gasteiger partial charge in [-0.15, -0.1) is 0 Å². The molecule has 0 amide bonds. The van der Waals surface area contributed by atoms with E-state index >= 15 is 0 Å². The second-order valence-corrected chi connectivity index (χ2v) is 10.2. The summed E-state index contributed by atoms with van der Waals surface area (Å²) in [6, 6.07) is 11.9. The van der Waals surface area contributed by atoms with Crippen molar-refractivity contribution in [3.63, 3.8) is 0 Å². The van der Waals surface area contributed by atoms with Gasteiger partial charge in [0, 0.05) is 5.41 Å². The summed E-state index contributed by atoms with van der Waals surface area (Å²) in [5.74, 6) is 0.689. The molecule has 2 aromatic carbocycles. The van der Waals surface area contributed by atoms with Crippen LogP contribution in [-0.2, 0) is 5.41 Å². The predicted molar refractivity (Wildman–Crippen MR) is 136 cm³/mol. The molecule has 2 nitrogen and oxygen atoms in total. The van der Waals surface area contributed by atoms with Crippen LogP contribution in [0.2, 0.25) is 0 Å². The molecule has 176 valence electrons. The Balaban J connectivity index is 1.97. The zero-order valence-corrected chi connectivity index (χ0v) is 20.5. The number of aryl methyl sites for hydroxylation is 2. The highest BCUT2D eigenvalue weighted by atomic mass is 16.3. The van der Waals surface area contributed by atoms with Crippen molar-refractivity contribution in [2.24, 2.45) is 0 Å². The van der Waals surface area contributed by atoms with Crippen molar-refractivity contribution in [3.8, 4) is 11.5 Å². The Morgan fingerprint density at radius 2 is 0.812 bits per heavy atom. The fourth-order valence-electron chi connectivity index (χ4n) is 5.98. The van der Waals surface area contributed by atoms with E-state index in [-0.39, 0.29) is 5.41 Å². The molecule has 0 aromatic heterocycles. The first-order valence-electron chi connectivity index (χ1n) is 13.1. The van der Waals surface area contributed by atoms with Crippen molar-refractivity contribution in [3.05, 3.63) is 58.7 Å². The Labute approximate surface area is 196 Å².